The molecular formula is C28H34N2O5. The molecule has 2 amide bonds. The van der Waals surface area contributed by atoms with E-state index in [0.29, 0.717) is 12.8 Å². The van der Waals surface area contributed by atoms with Crippen LogP contribution in [0.2, 0.25) is 0 Å². The molecular weight excluding hydrogens is 444 g/mol. The van der Waals surface area contributed by atoms with Crippen molar-refractivity contribution >= 4 is 18.0 Å². The lowest BCUT2D eigenvalue weighted by Gasteiger charge is -2.31. The van der Waals surface area contributed by atoms with E-state index in [1.54, 1.807) is 0 Å². The first-order valence-corrected chi connectivity index (χ1v) is 12.5. The largest absolute Gasteiger partial charge is 0.481 e. The highest BCUT2D eigenvalue weighted by Crippen LogP contribution is 2.44. The number of fused-ring (bicyclic) bond motifs is 3. The van der Waals surface area contributed by atoms with Crippen molar-refractivity contribution in [3.05, 3.63) is 59.7 Å². The lowest BCUT2D eigenvalue weighted by Crippen LogP contribution is -2.50. The predicted molar refractivity (Wildman–Crippen MR) is 133 cm³/mol. The second-order valence-corrected chi connectivity index (χ2v) is 9.90. The fraction of sp³-hybridized carbons (Fsp3) is 0.464. The Bertz CT molecular complexity index is 1040. The number of nitrogens with one attached hydrogen (secondary N) is 2. The molecule has 4 rings (SSSR count). The summed E-state index contributed by atoms with van der Waals surface area (Å²) < 4.78 is 5.59. The summed E-state index contributed by atoms with van der Waals surface area (Å²) in [6, 6.07) is 15.9. The molecule has 0 aromatic heterocycles. The lowest BCUT2D eigenvalue weighted by molar-refractivity contribution is -0.144. The van der Waals surface area contributed by atoms with Gasteiger partial charge in [-0.1, -0.05) is 75.2 Å². The number of aliphatic carboxylic acids is 1. The normalized spacial score (nSPS) is 20.0. The van der Waals surface area contributed by atoms with Crippen molar-refractivity contribution in [3.63, 3.8) is 0 Å². The Morgan fingerprint density at radius 2 is 1.57 bits per heavy atom. The standard InChI is InChI=1S/C28H34N2O5/c1-17(2)23(26(31)30-25-14-8-7-13-22(25)27(32)33)15-29-28(34)35-16-24-20-11-5-3-9-18(20)19-10-4-6-12-21(19)24/h3-6,9-12,17,22-25H,7-8,13-16H2,1-2H3,(H,29,34)(H,30,31)(H,32,33). The quantitative estimate of drug-likeness (QED) is 0.516. The van der Waals surface area contributed by atoms with E-state index in [1.807, 2.05) is 38.1 Å². The van der Waals surface area contributed by atoms with Crippen molar-refractivity contribution in [1.82, 2.24) is 10.6 Å². The Morgan fingerprint density at radius 1 is 0.971 bits per heavy atom. The molecule has 186 valence electrons. The van der Waals surface area contributed by atoms with E-state index >= 15 is 0 Å². The summed E-state index contributed by atoms with van der Waals surface area (Å²) in [6.07, 6.45) is 2.43. The zero-order valence-electron chi connectivity index (χ0n) is 20.3. The molecule has 0 radical (unpaired) electrons. The van der Waals surface area contributed by atoms with Crippen LogP contribution in [-0.2, 0) is 14.3 Å². The molecule has 2 aromatic carbocycles. The Balaban J connectivity index is 1.33. The first-order chi connectivity index (χ1) is 16.9. The maximum absolute atomic E-state index is 13.0. The summed E-state index contributed by atoms with van der Waals surface area (Å²) in [7, 11) is 0. The first kappa shape index (κ1) is 24.8. The minimum atomic E-state index is -0.868. The van der Waals surface area contributed by atoms with Crippen LogP contribution in [0.25, 0.3) is 11.1 Å². The number of carboxylic acids is 1. The van der Waals surface area contributed by atoms with Gasteiger partial charge in [-0.15, -0.1) is 0 Å². The van der Waals surface area contributed by atoms with E-state index in [1.165, 1.54) is 0 Å². The van der Waals surface area contributed by atoms with Gasteiger partial charge in [-0.05, 0) is 41.0 Å². The Morgan fingerprint density at radius 3 is 2.17 bits per heavy atom. The van der Waals surface area contributed by atoms with E-state index < -0.39 is 23.9 Å². The minimum absolute atomic E-state index is 0.0309. The number of carbonyl (C=O) groups is 3. The summed E-state index contributed by atoms with van der Waals surface area (Å²) in [5.74, 6) is -2.19. The molecule has 2 aliphatic carbocycles. The van der Waals surface area contributed by atoms with Crippen LogP contribution in [0.4, 0.5) is 4.79 Å². The topological polar surface area (TPSA) is 105 Å². The van der Waals surface area contributed by atoms with Gasteiger partial charge in [-0.3, -0.25) is 9.59 Å². The molecule has 0 bridgehead atoms. The Labute approximate surface area is 206 Å². The van der Waals surface area contributed by atoms with Gasteiger partial charge in [-0.25, -0.2) is 4.79 Å². The van der Waals surface area contributed by atoms with Gasteiger partial charge in [0.25, 0.3) is 0 Å². The summed E-state index contributed by atoms with van der Waals surface area (Å²) in [5, 5.41) is 15.2. The highest BCUT2D eigenvalue weighted by molar-refractivity contribution is 5.82. The molecule has 2 aliphatic rings. The van der Waals surface area contributed by atoms with Crippen LogP contribution in [0.3, 0.4) is 0 Å². The van der Waals surface area contributed by atoms with Gasteiger partial charge >= 0.3 is 12.1 Å². The molecule has 0 spiro atoms. The lowest BCUT2D eigenvalue weighted by atomic mass is 9.83. The third kappa shape index (κ3) is 5.50. The number of amides is 2. The van der Waals surface area contributed by atoms with E-state index in [0.717, 1.165) is 35.1 Å². The molecule has 7 nitrogen and oxygen atoms in total. The van der Waals surface area contributed by atoms with Crippen LogP contribution in [0.5, 0.6) is 0 Å². The molecule has 1 fully saturated rings. The summed E-state index contributed by atoms with van der Waals surface area (Å²) in [4.78, 5) is 37.1. The predicted octanol–water partition coefficient (Wildman–Crippen LogP) is 4.56. The van der Waals surface area contributed by atoms with Gasteiger partial charge in [0, 0.05) is 18.5 Å². The minimum Gasteiger partial charge on any atom is -0.481 e. The zero-order chi connectivity index (χ0) is 24.9. The van der Waals surface area contributed by atoms with Gasteiger partial charge in [-0.2, -0.15) is 0 Å². The molecule has 0 heterocycles. The van der Waals surface area contributed by atoms with Crippen LogP contribution in [0.15, 0.2) is 48.5 Å². The number of carbonyl (C=O) groups excluding carboxylic acids is 2. The number of hydrogen-bond donors (Lipinski definition) is 3. The average molecular weight is 479 g/mol. The highest BCUT2D eigenvalue weighted by atomic mass is 16.5. The van der Waals surface area contributed by atoms with Gasteiger partial charge < -0.3 is 20.5 Å². The van der Waals surface area contributed by atoms with Crippen LogP contribution < -0.4 is 10.6 Å². The zero-order valence-corrected chi connectivity index (χ0v) is 20.3. The molecule has 3 unspecified atom stereocenters. The van der Waals surface area contributed by atoms with Gasteiger partial charge in [0.1, 0.15) is 6.61 Å². The third-order valence-corrected chi connectivity index (χ3v) is 7.36. The van der Waals surface area contributed by atoms with Crippen LogP contribution in [0.1, 0.15) is 56.6 Å². The van der Waals surface area contributed by atoms with Crippen molar-refractivity contribution in [2.45, 2.75) is 51.5 Å². The van der Waals surface area contributed by atoms with E-state index in [2.05, 4.69) is 34.9 Å². The number of carboxylic acid groups (broad SMARTS) is 1. The fourth-order valence-corrected chi connectivity index (χ4v) is 5.36. The van der Waals surface area contributed by atoms with Gasteiger partial charge in [0.05, 0.1) is 11.8 Å². The third-order valence-electron chi connectivity index (χ3n) is 7.36. The van der Waals surface area contributed by atoms with Gasteiger partial charge in [0.15, 0.2) is 0 Å². The van der Waals surface area contributed by atoms with Gasteiger partial charge in [0.2, 0.25) is 5.91 Å². The number of hydrogen-bond acceptors (Lipinski definition) is 4. The number of alkyl carbamates (subject to hydrolysis) is 1. The molecule has 3 atom stereocenters. The number of ether oxygens (including phenoxy) is 1. The SMILES string of the molecule is CC(C)C(CNC(=O)OCC1c2ccccc2-c2ccccc21)C(=O)NC1CCCCC1C(=O)O. The fourth-order valence-electron chi connectivity index (χ4n) is 5.36. The van der Waals surface area contributed by atoms with Crippen molar-refractivity contribution in [2.24, 2.45) is 17.8 Å². The maximum atomic E-state index is 13.0. The highest BCUT2D eigenvalue weighted by Gasteiger charge is 2.34. The second-order valence-electron chi connectivity index (χ2n) is 9.90. The molecule has 0 saturated heterocycles. The summed E-state index contributed by atoms with van der Waals surface area (Å²) in [5.41, 5.74) is 4.61. The van der Waals surface area contributed by atoms with E-state index in [4.69, 9.17) is 4.74 Å². The molecule has 0 aliphatic heterocycles. The van der Waals surface area contributed by atoms with Crippen LogP contribution >= 0.6 is 0 Å². The maximum Gasteiger partial charge on any atom is 0.407 e. The molecule has 7 heteroatoms. The summed E-state index contributed by atoms with van der Waals surface area (Å²) >= 11 is 0. The Hall–Kier alpha value is -3.35. The molecule has 35 heavy (non-hydrogen) atoms. The van der Waals surface area contributed by atoms with Crippen LogP contribution in [-0.4, -0.2) is 42.3 Å². The first-order valence-electron chi connectivity index (χ1n) is 12.5. The number of rotatable bonds is 8. The summed E-state index contributed by atoms with van der Waals surface area (Å²) in [6.45, 7) is 4.17. The smallest absolute Gasteiger partial charge is 0.407 e. The van der Waals surface area contributed by atoms with E-state index in [-0.39, 0.29) is 36.9 Å². The monoisotopic (exact) mass is 478 g/mol. The van der Waals surface area contributed by atoms with Crippen molar-refractivity contribution in [3.8, 4) is 11.1 Å². The van der Waals surface area contributed by atoms with E-state index in [9.17, 15) is 19.5 Å². The van der Waals surface area contributed by atoms with Crippen molar-refractivity contribution in [2.75, 3.05) is 13.2 Å². The second kappa shape index (κ2) is 10.9. The van der Waals surface area contributed by atoms with Crippen molar-refractivity contribution < 1.29 is 24.2 Å². The number of benzene rings is 2. The van der Waals surface area contributed by atoms with Crippen molar-refractivity contribution in [1.29, 1.82) is 0 Å². The molecule has 3 N–H and O–H groups in total. The molecule has 2 aromatic rings. The van der Waals surface area contributed by atoms with Crippen LogP contribution in [0, 0.1) is 17.8 Å². The molecule has 1 saturated carbocycles. The average Bonchev–Trinajstić information content (AvgIpc) is 3.16. The Kier molecular flexibility index (Phi) is 7.73.